The first kappa shape index (κ1) is 14.3. The molecule has 4 nitrogen and oxygen atoms in total. The summed E-state index contributed by atoms with van der Waals surface area (Å²) < 4.78 is 6.51. The Bertz CT molecular complexity index is 422. The van der Waals surface area contributed by atoms with Crippen LogP contribution in [0.2, 0.25) is 0 Å². The van der Waals surface area contributed by atoms with Gasteiger partial charge in [-0.15, -0.1) is 0 Å². The van der Waals surface area contributed by atoms with Gasteiger partial charge in [0.2, 0.25) is 0 Å². The number of amides is 1. The Morgan fingerprint density at radius 1 is 1.37 bits per heavy atom. The molecule has 2 rings (SSSR count). The fourth-order valence-corrected chi connectivity index (χ4v) is 2.60. The number of nitrogens with zero attached hydrogens (tertiary/aromatic N) is 1. The SMILES string of the molecule is NCC1CCCCN1C(=O)COc1ccc(Br)cc1. The second-order valence-electron chi connectivity index (χ2n) is 4.72. The number of ether oxygens (including phenoxy) is 1. The Labute approximate surface area is 122 Å². The van der Waals surface area contributed by atoms with Gasteiger partial charge < -0.3 is 15.4 Å². The van der Waals surface area contributed by atoms with Gasteiger partial charge in [-0.25, -0.2) is 0 Å². The van der Waals surface area contributed by atoms with E-state index < -0.39 is 0 Å². The quantitative estimate of drug-likeness (QED) is 0.922. The largest absolute Gasteiger partial charge is 0.484 e. The van der Waals surface area contributed by atoms with E-state index in [2.05, 4.69) is 15.9 Å². The maximum Gasteiger partial charge on any atom is 0.260 e. The Hall–Kier alpha value is -1.07. The number of halogens is 1. The number of carbonyl (C=O) groups excluding carboxylic acids is 1. The molecule has 1 fully saturated rings. The third-order valence-corrected chi connectivity index (χ3v) is 3.92. The molecule has 0 aliphatic carbocycles. The molecule has 104 valence electrons. The second-order valence-corrected chi connectivity index (χ2v) is 5.63. The molecule has 0 bridgehead atoms. The molecule has 1 saturated heterocycles. The molecule has 1 aromatic carbocycles. The third kappa shape index (κ3) is 3.94. The zero-order valence-electron chi connectivity index (χ0n) is 10.8. The van der Waals surface area contributed by atoms with Gasteiger partial charge in [-0.2, -0.15) is 0 Å². The normalized spacial score (nSPS) is 19.3. The Balaban J connectivity index is 1.87. The highest BCUT2D eigenvalue weighted by molar-refractivity contribution is 9.10. The van der Waals surface area contributed by atoms with Crippen LogP contribution in [0.4, 0.5) is 0 Å². The number of carbonyl (C=O) groups is 1. The van der Waals surface area contributed by atoms with E-state index in [1.165, 1.54) is 0 Å². The van der Waals surface area contributed by atoms with E-state index in [1.54, 1.807) is 0 Å². The van der Waals surface area contributed by atoms with E-state index in [0.717, 1.165) is 30.3 Å². The molecule has 1 aliphatic rings. The van der Waals surface area contributed by atoms with Crippen molar-refractivity contribution < 1.29 is 9.53 Å². The summed E-state index contributed by atoms with van der Waals surface area (Å²) >= 11 is 3.36. The van der Waals surface area contributed by atoms with Gasteiger partial charge in [0.05, 0.1) is 0 Å². The summed E-state index contributed by atoms with van der Waals surface area (Å²) in [5.41, 5.74) is 5.72. The van der Waals surface area contributed by atoms with Crippen LogP contribution in [0.3, 0.4) is 0 Å². The smallest absolute Gasteiger partial charge is 0.260 e. The molecule has 19 heavy (non-hydrogen) atoms. The van der Waals surface area contributed by atoms with E-state index >= 15 is 0 Å². The van der Waals surface area contributed by atoms with Gasteiger partial charge in [-0.05, 0) is 43.5 Å². The average Bonchev–Trinajstić information content (AvgIpc) is 2.46. The predicted molar refractivity (Wildman–Crippen MR) is 78.0 cm³/mol. The molecule has 1 aliphatic heterocycles. The molecule has 0 aromatic heterocycles. The maximum absolute atomic E-state index is 12.1. The highest BCUT2D eigenvalue weighted by Gasteiger charge is 2.25. The molecule has 2 N–H and O–H groups in total. The van der Waals surface area contributed by atoms with E-state index in [-0.39, 0.29) is 18.6 Å². The highest BCUT2D eigenvalue weighted by Crippen LogP contribution is 2.18. The van der Waals surface area contributed by atoms with Gasteiger partial charge in [-0.1, -0.05) is 15.9 Å². The Morgan fingerprint density at radius 2 is 2.11 bits per heavy atom. The van der Waals surface area contributed by atoms with E-state index in [0.29, 0.717) is 12.3 Å². The first-order valence-electron chi connectivity index (χ1n) is 6.58. The van der Waals surface area contributed by atoms with E-state index in [4.69, 9.17) is 10.5 Å². The lowest BCUT2D eigenvalue weighted by atomic mass is 10.0. The van der Waals surface area contributed by atoms with Crippen molar-refractivity contribution in [2.24, 2.45) is 5.73 Å². The average molecular weight is 327 g/mol. The van der Waals surface area contributed by atoms with Crippen molar-refractivity contribution in [1.29, 1.82) is 0 Å². The number of nitrogens with two attached hydrogens (primary N) is 1. The summed E-state index contributed by atoms with van der Waals surface area (Å²) in [7, 11) is 0. The minimum Gasteiger partial charge on any atom is -0.484 e. The van der Waals surface area contributed by atoms with Crippen LogP contribution in [0.1, 0.15) is 19.3 Å². The molecule has 5 heteroatoms. The van der Waals surface area contributed by atoms with E-state index in [1.807, 2.05) is 29.2 Å². The molecule has 1 unspecified atom stereocenters. The van der Waals surface area contributed by atoms with Crippen LogP contribution in [-0.4, -0.2) is 36.5 Å². The van der Waals surface area contributed by atoms with E-state index in [9.17, 15) is 4.79 Å². The van der Waals surface area contributed by atoms with Gasteiger partial charge >= 0.3 is 0 Å². The molecule has 1 aromatic rings. The van der Waals surface area contributed by atoms with Crippen LogP contribution in [0, 0.1) is 0 Å². The topological polar surface area (TPSA) is 55.6 Å². The van der Waals surface area contributed by atoms with Crippen molar-refractivity contribution in [1.82, 2.24) is 4.90 Å². The van der Waals surface area contributed by atoms with Crippen molar-refractivity contribution in [3.8, 4) is 5.75 Å². The first-order valence-corrected chi connectivity index (χ1v) is 7.38. The number of benzene rings is 1. The van der Waals surface area contributed by atoms with Gasteiger partial charge in [-0.3, -0.25) is 4.79 Å². The summed E-state index contributed by atoms with van der Waals surface area (Å²) in [6, 6.07) is 7.64. The second kappa shape index (κ2) is 6.91. The van der Waals surface area contributed by atoms with Crippen LogP contribution in [0.25, 0.3) is 0 Å². The van der Waals surface area contributed by atoms with Gasteiger partial charge in [0, 0.05) is 23.6 Å². The lowest BCUT2D eigenvalue weighted by molar-refractivity contribution is -0.136. The monoisotopic (exact) mass is 326 g/mol. The van der Waals surface area contributed by atoms with Crippen LogP contribution in [-0.2, 0) is 4.79 Å². The highest BCUT2D eigenvalue weighted by atomic mass is 79.9. The number of hydrogen-bond donors (Lipinski definition) is 1. The summed E-state index contributed by atoms with van der Waals surface area (Å²) in [4.78, 5) is 14.0. The van der Waals surface area contributed by atoms with Gasteiger partial charge in [0.1, 0.15) is 5.75 Å². The summed E-state index contributed by atoms with van der Waals surface area (Å²) in [5, 5.41) is 0. The predicted octanol–water partition coefficient (Wildman–Crippen LogP) is 2.17. The van der Waals surface area contributed by atoms with Gasteiger partial charge in [0.15, 0.2) is 6.61 Å². The van der Waals surface area contributed by atoms with Crippen LogP contribution >= 0.6 is 15.9 Å². The van der Waals surface area contributed by atoms with Crippen molar-refractivity contribution >= 4 is 21.8 Å². The van der Waals surface area contributed by atoms with Crippen molar-refractivity contribution in [3.05, 3.63) is 28.7 Å². The van der Waals surface area contributed by atoms with Crippen molar-refractivity contribution in [2.45, 2.75) is 25.3 Å². The van der Waals surface area contributed by atoms with Crippen LogP contribution < -0.4 is 10.5 Å². The molecule has 0 saturated carbocycles. The molecule has 1 amide bonds. The van der Waals surface area contributed by atoms with Gasteiger partial charge in [0.25, 0.3) is 5.91 Å². The Morgan fingerprint density at radius 3 is 2.79 bits per heavy atom. The summed E-state index contributed by atoms with van der Waals surface area (Å²) in [6.45, 7) is 1.41. The lowest BCUT2D eigenvalue weighted by Gasteiger charge is -2.34. The summed E-state index contributed by atoms with van der Waals surface area (Å²) in [6.07, 6.45) is 3.21. The molecular weight excluding hydrogens is 308 g/mol. The molecule has 0 spiro atoms. The fraction of sp³-hybridized carbons (Fsp3) is 0.500. The lowest BCUT2D eigenvalue weighted by Crippen LogP contribution is -2.49. The summed E-state index contributed by atoms with van der Waals surface area (Å²) in [5.74, 6) is 0.732. The number of piperidine rings is 1. The number of hydrogen-bond acceptors (Lipinski definition) is 3. The zero-order chi connectivity index (χ0) is 13.7. The molecular formula is C14H19BrN2O2. The standard InChI is InChI=1S/C14H19BrN2O2/c15-11-4-6-13(7-5-11)19-10-14(18)17-8-2-1-3-12(17)9-16/h4-7,12H,1-3,8-10,16H2. The molecule has 1 atom stereocenters. The third-order valence-electron chi connectivity index (χ3n) is 3.40. The van der Waals surface area contributed by atoms with Crippen LogP contribution in [0.15, 0.2) is 28.7 Å². The van der Waals surface area contributed by atoms with Crippen molar-refractivity contribution in [2.75, 3.05) is 19.7 Å². The Kier molecular flexibility index (Phi) is 5.22. The molecule has 0 radical (unpaired) electrons. The zero-order valence-corrected chi connectivity index (χ0v) is 12.4. The first-order chi connectivity index (χ1) is 9.20. The minimum atomic E-state index is 0.0260. The molecule has 1 heterocycles. The fourth-order valence-electron chi connectivity index (χ4n) is 2.33. The maximum atomic E-state index is 12.1. The van der Waals surface area contributed by atoms with Crippen molar-refractivity contribution in [3.63, 3.8) is 0 Å². The number of likely N-dealkylation sites (tertiary alicyclic amines) is 1. The number of rotatable bonds is 4. The minimum absolute atomic E-state index is 0.0260. The van der Waals surface area contributed by atoms with Crippen LogP contribution in [0.5, 0.6) is 5.75 Å².